The summed E-state index contributed by atoms with van der Waals surface area (Å²) >= 11 is 5.80. The lowest BCUT2D eigenvalue weighted by Gasteiger charge is -2.21. The van der Waals surface area contributed by atoms with Gasteiger partial charge in [-0.25, -0.2) is 0 Å². The molecular formula is C14H19ClO2. The molecule has 0 spiro atoms. The van der Waals surface area contributed by atoms with Crippen molar-refractivity contribution in [2.24, 2.45) is 5.41 Å². The minimum Gasteiger partial charge on any atom is -0.481 e. The van der Waals surface area contributed by atoms with Gasteiger partial charge in [-0.05, 0) is 36.0 Å². The van der Waals surface area contributed by atoms with Crippen LogP contribution in [0.3, 0.4) is 0 Å². The SMILES string of the molecule is CC(C)(C)CCC(C(=O)O)c1ccc(Cl)cc1. The van der Waals surface area contributed by atoms with E-state index in [9.17, 15) is 9.90 Å². The molecule has 2 nitrogen and oxygen atoms in total. The molecule has 3 heteroatoms. The van der Waals surface area contributed by atoms with E-state index in [1.54, 1.807) is 24.3 Å². The zero-order valence-electron chi connectivity index (χ0n) is 10.5. The molecule has 0 bridgehead atoms. The number of halogens is 1. The molecule has 0 saturated heterocycles. The van der Waals surface area contributed by atoms with Crippen molar-refractivity contribution in [3.8, 4) is 0 Å². The summed E-state index contributed by atoms with van der Waals surface area (Å²) in [6, 6.07) is 7.07. The van der Waals surface area contributed by atoms with Crippen molar-refractivity contribution in [3.05, 3.63) is 34.9 Å². The van der Waals surface area contributed by atoms with Gasteiger partial charge in [0.05, 0.1) is 5.92 Å². The molecular weight excluding hydrogens is 236 g/mol. The van der Waals surface area contributed by atoms with Crippen molar-refractivity contribution >= 4 is 17.6 Å². The molecule has 1 unspecified atom stereocenters. The van der Waals surface area contributed by atoms with Gasteiger partial charge in [-0.2, -0.15) is 0 Å². The van der Waals surface area contributed by atoms with E-state index >= 15 is 0 Å². The number of carboxylic acid groups (broad SMARTS) is 1. The molecule has 0 aliphatic rings. The summed E-state index contributed by atoms with van der Waals surface area (Å²) in [5.74, 6) is -1.21. The smallest absolute Gasteiger partial charge is 0.310 e. The first-order valence-electron chi connectivity index (χ1n) is 5.78. The summed E-state index contributed by atoms with van der Waals surface area (Å²) in [7, 11) is 0. The lowest BCUT2D eigenvalue weighted by molar-refractivity contribution is -0.139. The summed E-state index contributed by atoms with van der Waals surface area (Å²) in [6.07, 6.45) is 1.53. The van der Waals surface area contributed by atoms with Crippen LogP contribution in [-0.2, 0) is 4.79 Å². The Kier molecular flexibility index (Phi) is 4.58. The van der Waals surface area contributed by atoms with Gasteiger partial charge in [-0.1, -0.05) is 44.5 Å². The number of hydrogen-bond donors (Lipinski definition) is 1. The quantitative estimate of drug-likeness (QED) is 0.868. The molecule has 0 amide bonds. The highest BCUT2D eigenvalue weighted by Crippen LogP contribution is 2.29. The summed E-state index contributed by atoms with van der Waals surface area (Å²) in [4.78, 5) is 11.3. The van der Waals surface area contributed by atoms with E-state index in [4.69, 9.17) is 11.6 Å². The number of carboxylic acids is 1. The molecule has 0 saturated carbocycles. The van der Waals surface area contributed by atoms with Crippen LogP contribution in [0.15, 0.2) is 24.3 Å². The highest BCUT2D eigenvalue weighted by Gasteiger charge is 2.22. The van der Waals surface area contributed by atoms with Crippen LogP contribution in [0.5, 0.6) is 0 Å². The Morgan fingerprint density at radius 1 is 1.29 bits per heavy atom. The van der Waals surface area contributed by atoms with E-state index in [0.717, 1.165) is 12.0 Å². The van der Waals surface area contributed by atoms with Gasteiger partial charge in [0, 0.05) is 5.02 Å². The first kappa shape index (κ1) is 14.0. The minimum atomic E-state index is -0.767. The fourth-order valence-electron chi connectivity index (χ4n) is 1.71. The van der Waals surface area contributed by atoms with Crippen molar-refractivity contribution in [2.45, 2.75) is 39.5 Å². The molecule has 1 aromatic rings. The second-order valence-corrected chi connectivity index (χ2v) is 5.98. The molecule has 1 N–H and O–H groups in total. The van der Waals surface area contributed by atoms with Crippen LogP contribution in [0.4, 0.5) is 0 Å². The lowest BCUT2D eigenvalue weighted by atomic mass is 9.84. The highest BCUT2D eigenvalue weighted by atomic mass is 35.5. The normalized spacial score (nSPS) is 13.4. The molecule has 17 heavy (non-hydrogen) atoms. The summed E-state index contributed by atoms with van der Waals surface area (Å²) in [6.45, 7) is 6.36. The van der Waals surface area contributed by atoms with E-state index < -0.39 is 11.9 Å². The van der Waals surface area contributed by atoms with Crippen LogP contribution in [0.25, 0.3) is 0 Å². The van der Waals surface area contributed by atoms with Crippen molar-refractivity contribution in [3.63, 3.8) is 0 Å². The van der Waals surface area contributed by atoms with Gasteiger partial charge in [0.1, 0.15) is 0 Å². The van der Waals surface area contributed by atoms with E-state index in [2.05, 4.69) is 20.8 Å². The highest BCUT2D eigenvalue weighted by molar-refractivity contribution is 6.30. The molecule has 1 aromatic carbocycles. The van der Waals surface area contributed by atoms with Crippen molar-refractivity contribution in [2.75, 3.05) is 0 Å². The lowest BCUT2D eigenvalue weighted by Crippen LogP contribution is -2.15. The Morgan fingerprint density at radius 3 is 2.24 bits per heavy atom. The number of benzene rings is 1. The molecule has 0 aliphatic heterocycles. The van der Waals surface area contributed by atoms with Crippen molar-refractivity contribution in [1.82, 2.24) is 0 Å². The van der Waals surface area contributed by atoms with E-state index in [1.165, 1.54) is 0 Å². The predicted molar refractivity (Wildman–Crippen MR) is 70.5 cm³/mol. The standard InChI is InChI=1S/C14H19ClO2/c1-14(2,3)9-8-12(13(16)17)10-4-6-11(15)7-5-10/h4-7,12H,8-9H2,1-3H3,(H,16,17). The van der Waals surface area contributed by atoms with E-state index in [0.29, 0.717) is 11.4 Å². The van der Waals surface area contributed by atoms with Gasteiger partial charge < -0.3 is 5.11 Å². The van der Waals surface area contributed by atoms with Crippen LogP contribution in [0.2, 0.25) is 5.02 Å². The second kappa shape index (κ2) is 5.54. The average molecular weight is 255 g/mol. The van der Waals surface area contributed by atoms with Gasteiger partial charge in [0.2, 0.25) is 0 Å². The minimum absolute atomic E-state index is 0.153. The van der Waals surface area contributed by atoms with Crippen molar-refractivity contribution < 1.29 is 9.90 Å². The molecule has 1 atom stereocenters. The van der Waals surface area contributed by atoms with Gasteiger partial charge in [-0.3, -0.25) is 4.79 Å². The Morgan fingerprint density at radius 2 is 1.82 bits per heavy atom. The van der Waals surface area contributed by atoms with Gasteiger partial charge in [0.15, 0.2) is 0 Å². The van der Waals surface area contributed by atoms with Crippen LogP contribution < -0.4 is 0 Å². The molecule has 0 heterocycles. The van der Waals surface area contributed by atoms with E-state index in [1.807, 2.05) is 0 Å². The summed E-state index contributed by atoms with van der Waals surface area (Å²) in [5, 5.41) is 9.89. The van der Waals surface area contributed by atoms with Crippen LogP contribution in [-0.4, -0.2) is 11.1 Å². The Hall–Kier alpha value is -1.02. The number of aliphatic carboxylic acids is 1. The fraction of sp³-hybridized carbons (Fsp3) is 0.500. The maximum absolute atomic E-state index is 11.3. The predicted octanol–water partition coefficient (Wildman–Crippen LogP) is 4.33. The first-order valence-corrected chi connectivity index (χ1v) is 6.16. The molecule has 0 aromatic heterocycles. The zero-order chi connectivity index (χ0) is 13.1. The monoisotopic (exact) mass is 254 g/mol. The maximum atomic E-state index is 11.3. The Balaban J connectivity index is 2.79. The fourth-order valence-corrected chi connectivity index (χ4v) is 1.83. The third-order valence-electron chi connectivity index (χ3n) is 2.75. The largest absolute Gasteiger partial charge is 0.481 e. The van der Waals surface area contributed by atoms with Gasteiger partial charge in [-0.15, -0.1) is 0 Å². The van der Waals surface area contributed by atoms with Crippen LogP contribution in [0.1, 0.15) is 45.1 Å². The van der Waals surface area contributed by atoms with Gasteiger partial charge in [0.25, 0.3) is 0 Å². The Bertz CT molecular complexity index is 376. The number of carbonyl (C=O) groups is 1. The molecule has 94 valence electrons. The number of hydrogen-bond acceptors (Lipinski definition) is 1. The summed E-state index contributed by atoms with van der Waals surface area (Å²) in [5.41, 5.74) is 0.978. The molecule has 1 rings (SSSR count). The zero-order valence-corrected chi connectivity index (χ0v) is 11.3. The van der Waals surface area contributed by atoms with E-state index in [-0.39, 0.29) is 5.41 Å². The topological polar surface area (TPSA) is 37.3 Å². The number of rotatable bonds is 4. The van der Waals surface area contributed by atoms with Gasteiger partial charge >= 0.3 is 5.97 Å². The molecule has 0 fully saturated rings. The third kappa shape index (κ3) is 4.78. The average Bonchev–Trinajstić information content (AvgIpc) is 2.18. The third-order valence-corrected chi connectivity index (χ3v) is 3.01. The van der Waals surface area contributed by atoms with Crippen LogP contribution >= 0.6 is 11.6 Å². The summed E-state index contributed by atoms with van der Waals surface area (Å²) < 4.78 is 0. The second-order valence-electron chi connectivity index (χ2n) is 5.54. The Labute approximate surface area is 108 Å². The van der Waals surface area contributed by atoms with Crippen molar-refractivity contribution in [1.29, 1.82) is 0 Å². The molecule has 0 aliphatic carbocycles. The maximum Gasteiger partial charge on any atom is 0.310 e. The first-order chi connectivity index (χ1) is 7.79. The molecule has 0 radical (unpaired) electrons. The van der Waals surface area contributed by atoms with Crippen LogP contribution in [0, 0.1) is 5.41 Å².